The Bertz CT molecular complexity index is 672. The van der Waals surface area contributed by atoms with Crippen molar-refractivity contribution in [3.05, 3.63) is 59.7 Å². The van der Waals surface area contributed by atoms with E-state index in [1.54, 1.807) is 19.2 Å². The maximum absolute atomic E-state index is 10.3. The Balaban J connectivity index is 2.30. The largest absolute Gasteiger partial charge is 0.497 e. The number of para-hydroxylation sites is 1. The molecule has 2 aromatic rings. The molecular formula is C16H11NO2. The van der Waals surface area contributed by atoms with Crippen LogP contribution in [0.4, 0.5) is 5.69 Å². The van der Waals surface area contributed by atoms with Crippen LogP contribution < -0.4 is 4.74 Å². The van der Waals surface area contributed by atoms with Crippen LogP contribution in [-0.2, 0) is 4.79 Å². The van der Waals surface area contributed by atoms with E-state index in [0.29, 0.717) is 11.3 Å². The van der Waals surface area contributed by atoms with Crippen molar-refractivity contribution in [2.45, 2.75) is 0 Å². The van der Waals surface area contributed by atoms with E-state index in [1.807, 2.05) is 36.4 Å². The molecule has 0 saturated carbocycles. The van der Waals surface area contributed by atoms with Crippen LogP contribution in [0, 0.1) is 11.8 Å². The smallest absolute Gasteiger partial charge is 0.240 e. The van der Waals surface area contributed by atoms with Crippen molar-refractivity contribution in [1.29, 1.82) is 0 Å². The molecule has 0 fully saturated rings. The van der Waals surface area contributed by atoms with Crippen LogP contribution >= 0.6 is 0 Å². The Morgan fingerprint density at radius 1 is 1.00 bits per heavy atom. The second-order valence-corrected chi connectivity index (χ2v) is 3.70. The molecule has 2 aromatic carbocycles. The first-order chi connectivity index (χ1) is 9.33. The summed E-state index contributed by atoms with van der Waals surface area (Å²) in [7, 11) is 1.62. The van der Waals surface area contributed by atoms with E-state index in [9.17, 15) is 4.79 Å². The van der Waals surface area contributed by atoms with Gasteiger partial charge in [0.15, 0.2) is 0 Å². The Morgan fingerprint density at radius 3 is 2.42 bits per heavy atom. The lowest BCUT2D eigenvalue weighted by Gasteiger charge is -1.98. The van der Waals surface area contributed by atoms with Gasteiger partial charge in [0.2, 0.25) is 6.08 Å². The van der Waals surface area contributed by atoms with Gasteiger partial charge < -0.3 is 4.74 Å². The normalized spacial score (nSPS) is 8.89. The lowest BCUT2D eigenvalue weighted by molar-refractivity contribution is 0.415. The molecular weight excluding hydrogens is 238 g/mol. The van der Waals surface area contributed by atoms with Crippen LogP contribution in [0.5, 0.6) is 5.75 Å². The first kappa shape index (κ1) is 12.6. The van der Waals surface area contributed by atoms with Crippen molar-refractivity contribution in [2.24, 2.45) is 4.99 Å². The Morgan fingerprint density at radius 2 is 1.74 bits per heavy atom. The van der Waals surface area contributed by atoms with Crippen LogP contribution in [0.1, 0.15) is 11.1 Å². The summed E-state index contributed by atoms with van der Waals surface area (Å²) in [5, 5.41) is 0. The number of methoxy groups -OCH3 is 1. The number of ether oxygens (including phenoxy) is 1. The van der Waals surface area contributed by atoms with E-state index in [4.69, 9.17) is 4.74 Å². The highest BCUT2D eigenvalue weighted by molar-refractivity contribution is 5.60. The summed E-state index contributed by atoms with van der Waals surface area (Å²) in [4.78, 5) is 13.9. The molecule has 0 heterocycles. The second-order valence-electron chi connectivity index (χ2n) is 3.70. The Hall–Kier alpha value is -2.82. The molecule has 2 rings (SSSR count). The molecule has 0 atom stereocenters. The zero-order chi connectivity index (χ0) is 13.5. The number of hydrogen-bond donors (Lipinski definition) is 0. The van der Waals surface area contributed by atoms with E-state index in [2.05, 4.69) is 16.8 Å². The number of rotatable bonds is 2. The van der Waals surface area contributed by atoms with Gasteiger partial charge in [-0.15, -0.1) is 0 Å². The van der Waals surface area contributed by atoms with E-state index in [-0.39, 0.29) is 0 Å². The van der Waals surface area contributed by atoms with Crippen molar-refractivity contribution in [1.82, 2.24) is 0 Å². The predicted octanol–water partition coefficient (Wildman–Crippen LogP) is 3.06. The van der Waals surface area contributed by atoms with Crippen LogP contribution in [0.15, 0.2) is 53.5 Å². The fraction of sp³-hybridized carbons (Fsp3) is 0.0625. The van der Waals surface area contributed by atoms with Crippen molar-refractivity contribution < 1.29 is 9.53 Å². The molecule has 0 bridgehead atoms. The molecule has 0 unspecified atom stereocenters. The minimum Gasteiger partial charge on any atom is -0.497 e. The molecule has 0 aliphatic heterocycles. The number of aliphatic imine (C=N–C) groups is 1. The van der Waals surface area contributed by atoms with Crippen LogP contribution in [-0.4, -0.2) is 13.2 Å². The molecule has 19 heavy (non-hydrogen) atoms. The highest BCUT2D eigenvalue weighted by atomic mass is 16.5. The summed E-state index contributed by atoms with van der Waals surface area (Å²) < 4.78 is 5.08. The van der Waals surface area contributed by atoms with Gasteiger partial charge >= 0.3 is 0 Å². The zero-order valence-electron chi connectivity index (χ0n) is 10.4. The Kier molecular flexibility index (Phi) is 4.12. The van der Waals surface area contributed by atoms with Gasteiger partial charge in [0.1, 0.15) is 5.75 Å². The summed E-state index contributed by atoms with van der Waals surface area (Å²) in [5.74, 6) is 6.79. The molecule has 3 heteroatoms. The molecule has 0 spiro atoms. The monoisotopic (exact) mass is 249 g/mol. The summed E-state index contributed by atoms with van der Waals surface area (Å²) >= 11 is 0. The summed E-state index contributed by atoms with van der Waals surface area (Å²) in [5.41, 5.74) is 2.09. The average molecular weight is 249 g/mol. The molecule has 3 nitrogen and oxygen atoms in total. The van der Waals surface area contributed by atoms with Crippen LogP contribution in [0.3, 0.4) is 0 Å². The number of benzene rings is 2. The van der Waals surface area contributed by atoms with Crippen molar-refractivity contribution in [3.8, 4) is 17.6 Å². The van der Waals surface area contributed by atoms with E-state index >= 15 is 0 Å². The molecule has 0 aliphatic rings. The van der Waals surface area contributed by atoms with Gasteiger partial charge in [-0.3, -0.25) is 0 Å². The third kappa shape index (κ3) is 3.32. The lowest BCUT2D eigenvalue weighted by atomic mass is 10.1. The first-order valence-electron chi connectivity index (χ1n) is 5.66. The number of nitrogens with zero attached hydrogens (tertiary/aromatic N) is 1. The van der Waals surface area contributed by atoms with Gasteiger partial charge in [0, 0.05) is 5.56 Å². The quantitative estimate of drug-likeness (QED) is 0.466. The molecule has 0 radical (unpaired) electrons. The molecule has 0 amide bonds. The minimum atomic E-state index is 0.526. The molecule has 0 N–H and O–H groups in total. The maximum Gasteiger partial charge on any atom is 0.240 e. The van der Waals surface area contributed by atoms with Gasteiger partial charge in [-0.25, -0.2) is 4.79 Å². The minimum absolute atomic E-state index is 0.526. The predicted molar refractivity (Wildman–Crippen MR) is 73.2 cm³/mol. The molecule has 0 saturated heterocycles. The van der Waals surface area contributed by atoms with Crippen molar-refractivity contribution >= 4 is 11.8 Å². The maximum atomic E-state index is 10.3. The third-order valence-electron chi connectivity index (χ3n) is 2.50. The lowest BCUT2D eigenvalue weighted by Crippen LogP contribution is -1.82. The second kappa shape index (κ2) is 6.20. The molecule has 0 aliphatic carbocycles. The van der Waals surface area contributed by atoms with Gasteiger partial charge in [-0.1, -0.05) is 24.0 Å². The summed E-state index contributed by atoms with van der Waals surface area (Å²) in [6.07, 6.45) is 1.53. The van der Waals surface area contributed by atoms with Crippen LogP contribution in [0.2, 0.25) is 0 Å². The van der Waals surface area contributed by atoms with Crippen molar-refractivity contribution in [3.63, 3.8) is 0 Å². The topological polar surface area (TPSA) is 38.7 Å². The van der Waals surface area contributed by atoms with E-state index < -0.39 is 0 Å². The number of isocyanates is 1. The number of carbonyl (C=O) groups excluding carboxylic acids is 1. The fourth-order valence-electron chi connectivity index (χ4n) is 1.54. The standard InChI is InChI=1S/C16H11NO2/c1-19-15-10-7-13(8-11-15)6-9-14-4-2-3-5-16(14)17-12-18/h2-5,7-8,10-11H,1H3. The summed E-state index contributed by atoms with van der Waals surface area (Å²) in [6, 6.07) is 14.6. The van der Waals surface area contributed by atoms with Crippen LogP contribution in [0.25, 0.3) is 0 Å². The summed E-state index contributed by atoms with van der Waals surface area (Å²) in [6.45, 7) is 0. The molecule has 92 valence electrons. The highest BCUT2D eigenvalue weighted by Gasteiger charge is 1.96. The first-order valence-corrected chi connectivity index (χ1v) is 5.66. The SMILES string of the molecule is COc1ccc(C#Cc2ccccc2N=C=O)cc1. The number of hydrogen-bond acceptors (Lipinski definition) is 3. The van der Waals surface area contributed by atoms with Gasteiger partial charge in [0.25, 0.3) is 0 Å². The van der Waals surface area contributed by atoms with Gasteiger partial charge in [0.05, 0.1) is 18.4 Å². The van der Waals surface area contributed by atoms with E-state index in [1.165, 1.54) is 6.08 Å². The van der Waals surface area contributed by atoms with Crippen molar-refractivity contribution in [2.75, 3.05) is 7.11 Å². The average Bonchev–Trinajstić information content (AvgIpc) is 2.47. The Labute approximate surface area is 111 Å². The van der Waals surface area contributed by atoms with Gasteiger partial charge in [-0.2, -0.15) is 4.99 Å². The highest BCUT2D eigenvalue weighted by Crippen LogP contribution is 2.17. The van der Waals surface area contributed by atoms with Gasteiger partial charge in [-0.05, 0) is 36.4 Å². The fourth-order valence-corrected chi connectivity index (χ4v) is 1.54. The zero-order valence-corrected chi connectivity index (χ0v) is 10.4. The third-order valence-corrected chi connectivity index (χ3v) is 2.50. The van der Waals surface area contributed by atoms with E-state index in [0.717, 1.165) is 11.3 Å². The molecule has 0 aromatic heterocycles.